The van der Waals surface area contributed by atoms with Crippen LogP contribution in [-0.4, -0.2) is 47.3 Å². The maximum atomic E-state index is 12.7. The molecular weight excluding hydrogens is 342 g/mol. The molecule has 136 valence electrons. The van der Waals surface area contributed by atoms with E-state index in [1.807, 2.05) is 13.8 Å². The van der Waals surface area contributed by atoms with Crippen molar-refractivity contribution in [3.8, 4) is 0 Å². The Morgan fingerprint density at radius 2 is 2.00 bits per heavy atom. The summed E-state index contributed by atoms with van der Waals surface area (Å²) in [5.74, 6) is 0.401. The van der Waals surface area contributed by atoms with Crippen molar-refractivity contribution in [2.75, 3.05) is 13.1 Å². The van der Waals surface area contributed by atoms with Crippen molar-refractivity contribution in [3.63, 3.8) is 0 Å². The lowest BCUT2D eigenvalue weighted by atomic mass is 10.1. The molecule has 1 amide bonds. The molecule has 1 unspecified atom stereocenters. The van der Waals surface area contributed by atoms with Gasteiger partial charge in [0.25, 0.3) is 5.91 Å². The van der Waals surface area contributed by atoms with Crippen LogP contribution >= 0.6 is 0 Å². The second-order valence-electron chi connectivity index (χ2n) is 6.57. The molecule has 0 bridgehead atoms. The maximum Gasteiger partial charge on any atom is 0.270 e. The fourth-order valence-electron chi connectivity index (χ4n) is 2.93. The quantitative estimate of drug-likeness (QED) is 0.723. The fourth-order valence-corrected chi connectivity index (χ4v) is 4.28. The number of aromatic amines is 2. The third-order valence-electron chi connectivity index (χ3n) is 4.35. The van der Waals surface area contributed by atoms with Crippen LogP contribution in [0.2, 0.25) is 0 Å². The van der Waals surface area contributed by atoms with E-state index in [1.54, 1.807) is 17.3 Å². The number of nitrogens with one attached hydrogen (secondary N) is 3. The standard InChI is InChI=1S/C16H23N5O3S/c1-11(2)14(15-17-5-6-18-15)20-25(23,24)12-9-13(19-10-12)16(22)21-7-3-4-8-21/h5-6,9-11,14,19-20H,3-4,7-8H2,1-2H3,(H,17,18). The van der Waals surface area contributed by atoms with Gasteiger partial charge in [0.2, 0.25) is 10.0 Å². The van der Waals surface area contributed by atoms with Gasteiger partial charge >= 0.3 is 0 Å². The monoisotopic (exact) mass is 365 g/mol. The summed E-state index contributed by atoms with van der Waals surface area (Å²) in [6, 6.07) is 0.912. The largest absolute Gasteiger partial charge is 0.356 e. The Morgan fingerprint density at radius 1 is 1.28 bits per heavy atom. The Kier molecular flexibility index (Phi) is 4.96. The molecule has 1 aliphatic rings. The summed E-state index contributed by atoms with van der Waals surface area (Å²) in [5, 5.41) is 0. The van der Waals surface area contributed by atoms with Crippen LogP contribution in [0.25, 0.3) is 0 Å². The lowest BCUT2D eigenvalue weighted by Gasteiger charge is -2.19. The van der Waals surface area contributed by atoms with Crippen LogP contribution in [-0.2, 0) is 10.0 Å². The molecule has 0 aromatic carbocycles. The number of nitrogens with zero attached hydrogens (tertiary/aromatic N) is 2. The minimum atomic E-state index is -3.78. The van der Waals surface area contributed by atoms with Crippen LogP contribution in [0.15, 0.2) is 29.6 Å². The highest BCUT2D eigenvalue weighted by atomic mass is 32.2. The third-order valence-corrected chi connectivity index (χ3v) is 5.77. The molecule has 1 aliphatic heterocycles. The van der Waals surface area contributed by atoms with E-state index in [0.29, 0.717) is 24.6 Å². The Balaban J connectivity index is 1.79. The third kappa shape index (κ3) is 3.77. The number of hydrogen-bond acceptors (Lipinski definition) is 4. The molecule has 9 heteroatoms. The van der Waals surface area contributed by atoms with E-state index in [-0.39, 0.29) is 16.7 Å². The average Bonchev–Trinajstić information content (AvgIpc) is 3.34. The second kappa shape index (κ2) is 7.01. The zero-order valence-corrected chi connectivity index (χ0v) is 15.1. The van der Waals surface area contributed by atoms with E-state index in [4.69, 9.17) is 0 Å². The Hall–Kier alpha value is -2.13. The number of aromatic nitrogens is 3. The number of rotatable bonds is 6. The van der Waals surface area contributed by atoms with Crippen molar-refractivity contribution in [1.29, 1.82) is 0 Å². The van der Waals surface area contributed by atoms with Gasteiger partial charge in [0.05, 0.1) is 6.04 Å². The number of H-pyrrole nitrogens is 2. The molecule has 3 rings (SSSR count). The average molecular weight is 365 g/mol. The normalized spacial score (nSPS) is 16.5. The summed E-state index contributed by atoms with van der Waals surface area (Å²) < 4.78 is 28.1. The lowest BCUT2D eigenvalue weighted by molar-refractivity contribution is 0.0787. The number of amides is 1. The van der Waals surface area contributed by atoms with Gasteiger partial charge in [-0.25, -0.2) is 18.1 Å². The first-order valence-electron chi connectivity index (χ1n) is 8.38. The van der Waals surface area contributed by atoms with Gasteiger partial charge in [0.15, 0.2) is 0 Å². The van der Waals surface area contributed by atoms with Crippen LogP contribution in [0.4, 0.5) is 0 Å². The summed E-state index contributed by atoms with van der Waals surface area (Å²) in [5.41, 5.74) is 0.293. The fraction of sp³-hybridized carbons (Fsp3) is 0.500. The molecule has 25 heavy (non-hydrogen) atoms. The first-order chi connectivity index (χ1) is 11.9. The lowest BCUT2D eigenvalue weighted by Crippen LogP contribution is -2.32. The van der Waals surface area contributed by atoms with Crippen molar-refractivity contribution in [3.05, 3.63) is 36.2 Å². The molecule has 0 aliphatic carbocycles. The summed E-state index contributed by atoms with van der Waals surface area (Å²) in [6.07, 6.45) is 6.56. The molecule has 3 N–H and O–H groups in total. The van der Waals surface area contributed by atoms with Gasteiger partial charge in [-0.1, -0.05) is 13.8 Å². The molecule has 1 saturated heterocycles. The minimum Gasteiger partial charge on any atom is -0.356 e. The van der Waals surface area contributed by atoms with Gasteiger partial charge in [-0.15, -0.1) is 0 Å². The maximum absolute atomic E-state index is 12.7. The Morgan fingerprint density at radius 3 is 2.60 bits per heavy atom. The highest BCUT2D eigenvalue weighted by Gasteiger charge is 2.28. The second-order valence-corrected chi connectivity index (χ2v) is 8.28. The van der Waals surface area contributed by atoms with Crippen molar-refractivity contribution >= 4 is 15.9 Å². The number of imidazole rings is 1. The number of likely N-dealkylation sites (tertiary alicyclic amines) is 1. The van der Waals surface area contributed by atoms with Gasteiger partial charge in [-0.2, -0.15) is 0 Å². The molecule has 2 aromatic heterocycles. The summed E-state index contributed by atoms with van der Waals surface area (Å²) in [6.45, 7) is 5.25. The van der Waals surface area contributed by atoms with Crippen LogP contribution in [0.1, 0.15) is 49.0 Å². The predicted molar refractivity (Wildman–Crippen MR) is 92.4 cm³/mol. The van der Waals surface area contributed by atoms with Crippen LogP contribution < -0.4 is 4.72 Å². The van der Waals surface area contributed by atoms with E-state index in [1.165, 1.54) is 12.3 Å². The number of hydrogen-bond donors (Lipinski definition) is 3. The molecule has 2 aromatic rings. The minimum absolute atomic E-state index is 0.00516. The first kappa shape index (κ1) is 17.7. The van der Waals surface area contributed by atoms with Crippen LogP contribution in [0.5, 0.6) is 0 Å². The van der Waals surface area contributed by atoms with Crippen molar-refractivity contribution in [2.45, 2.75) is 37.6 Å². The summed E-state index contributed by atoms with van der Waals surface area (Å²) in [4.78, 5) is 24.0. The van der Waals surface area contributed by atoms with Crippen molar-refractivity contribution < 1.29 is 13.2 Å². The molecular formula is C16H23N5O3S. The van der Waals surface area contributed by atoms with Gasteiger partial charge in [-0.05, 0) is 24.8 Å². The molecule has 1 atom stereocenters. The van der Waals surface area contributed by atoms with Gasteiger partial charge < -0.3 is 14.9 Å². The van der Waals surface area contributed by atoms with E-state index in [0.717, 1.165) is 12.8 Å². The molecule has 3 heterocycles. The smallest absolute Gasteiger partial charge is 0.270 e. The van der Waals surface area contributed by atoms with E-state index in [9.17, 15) is 13.2 Å². The zero-order chi connectivity index (χ0) is 18.0. The van der Waals surface area contributed by atoms with Crippen LogP contribution in [0, 0.1) is 5.92 Å². The zero-order valence-electron chi connectivity index (χ0n) is 14.3. The van der Waals surface area contributed by atoms with Gasteiger partial charge in [0, 0.05) is 31.7 Å². The topological polar surface area (TPSA) is 111 Å². The van der Waals surface area contributed by atoms with E-state index in [2.05, 4.69) is 19.7 Å². The van der Waals surface area contributed by atoms with Crippen molar-refractivity contribution in [1.82, 2.24) is 24.6 Å². The van der Waals surface area contributed by atoms with Gasteiger partial charge in [0.1, 0.15) is 16.4 Å². The number of carbonyl (C=O) groups excluding carboxylic acids is 1. The van der Waals surface area contributed by atoms with Crippen molar-refractivity contribution in [2.24, 2.45) is 5.92 Å². The number of sulfonamides is 1. The molecule has 0 spiro atoms. The summed E-state index contributed by atoms with van der Waals surface area (Å²) >= 11 is 0. The molecule has 0 saturated carbocycles. The molecule has 0 radical (unpaired) electrons. The predicted octanol–water partition coefficient (Wildman–Crippen LogP) is 1.65. The van der Waals surface area contributed by atoms with E-state index >= 15 is 0 Å². The highest BCUT2D eigenvalue weighted by Crippen LogP contribution is 2.22. The van der Waals surface area contributed by atoms with Gasteiger partial charge in [-0.3, -0.25) is 4.79 Å². The first-order valence-corrected chi connectivity index (χ1v) is 9.86. The SMILES string of the molecule is CC(C)C(NS(=O)(=O)c1c[nH]c(C(=O)N2CCCC2)c1)c1ncc[nH]1. The van der Waals surface area contributed by atoms with E-state index < -0.39 is 16.1 Å². The van der Waals surface area contributed by atoms with Crippen LogP contribution in [0.3, 0.4) is 0 Å². The Labute approximate surface area is 147 Å². The molecule has 1 fully saturated rings. The Bertz CT molecular complexity index is 820. The summed E-state index contributed by atoms with van der Waals surface area (Å²) in [7, 11) is -3.78. The number of carbonyl (C=O) groups is 1. The molecule has 8 nitrogen and oxygen atoms in total. The highest BCUT2D eigenvalue weighted by molar-refractivity contribution is 7.89.